The number of nitro benzene ring substituents is 1. The van der Waals surface area contributed by atoms with Crippen LogP contribution in [0.25, 0.3) is 0 Å². The van der Waals surface area contributed by atoms with Crippen LogP contribution in [0.15, 0.2) is 48.5 Å². The van der Waals surface area contributed by atoms with Gasteiger partial charge in [0.1, 0.15) is 5.75 Å². The summed E-state index contributed by atoms with van der Waals surface area (Å²) in [7, 11) is 0. The van der Waals surface area contributed by atoms with Crippen LogP contribution in [0.1, 0.15) is 13.3 Å². The third-order valence-corrected chi connectivity index (χ3v) is 5.69. The van der Waals surface area contributed by atoms with Gasteiger partial charge in [-0.05, 0) is 31.2 Å². The van der Waals surface area contributed by atoms with Gasteiger partial charge in [0.05, 0.1) is 29.7 Å². The first kappa shape index (κ1) is 20.8. The Morgan fingerprint density at radius 1 is 1.03 bits per heavy atom. The maximum absolute atomic E-state index is 13.1. The number of hydrogen-bond acceptors (Lipinski definition) is 7. The van der Waals surface area contributed by atoms with E-state index in [0.717, 1.165) is 5.69 Å². The summed E-state index contributed by atoms with van der Waals surface area (Å²) in [4.78, 5) is 41.6. The van der Waals surface area contributed by atoms with Gasteiger partial charge in [-0.1, -0.05) is 6.07 Å². The monoisotopic (exact) mass is 424 g/mol. The minimum absolute atomic E-state index is 0.0611. The molecule has 0 radical (unpaired) electrons. The highest BCUT2D eigenvalue weighted by atomic mass is 16.6. The molecule has 9 nitrogen and oxygen atoms in total. The van der Waals surface area contributed by atoms with E-state index in [2.05, 4.69) is 9.80 Å². The van der Waals surface area contributed by atoms with Crippen LogP contribution < -0.4 is 14.5 Å². The minimum atomic E-state index is -0.470. The molecule has 0 unspecified atom stereocenters. The van der Waals surface area contributed by atoms with E-state index in [1.807, 2.05) is 6.92 Å². The van der Waals surface area contributed by atoms with Crippen molar-refractivity contribution in [3.05, 3.63) is 58.6 Å². The molecule has 0 N–H and O–H groups in total. The molecule has 2 aromatic rings. The zero-order valence-corrected chi connectivity index (χ0v) is 17.3. The van der Waals surface area contributed by atoms with Crippen molar-refractivity contribution >= 4 is 28.9 Å². The van der Waals surface area contributed by atoms with Gasteiger partial charge in [-0.15, -0.1) is 0 Å². The Balaban J connectivity index is 1.41. The fourth-order valence-corrected chi connectivity index (χ4v) is 4.13. The first-order valence-corrected chi connectivity index (χ1v) is 10.3. The Morgan fingerprint density at radius 2 is 1.74 bits per heavy atom. The topological polar surface area (TPSA) is 96.2 Å². The number of carbonyl (C=O) groups excluding carboxylic acids is 2. The number of non-ortho nitro benzene ring substituents is 1. The van der Waals surface area contributed by atoms with Gasteiger partial charge in [0.25, 0.3) is 11.6 Å². The van der Waals surface area contributed by atoms with Crippen molar-refractivity contribution in [3.63, 3.8) is 0 Å². The van der Waals surface area contributed by atoms with Crippen molar-refractivity contribution in [2.75, 3.05) is 42.6 Å². The van der Waals surface area contributed by atoms with Crippen molar-refractivity contribution < 1.29 is 19.2 Å². The second-order valence-corrected chi connectivity index (χ2v) is 7.51. The van der Waals surface area contributed by atoms with E-state index in [9.17, 15) is 19.7 Å². The van der Waals surface area contributed by atoms with Crippen LogP contribution in [-0.2, 0) is 9.59 Å². The molecule has 4 rings (SSSR count). The average molecular weight is 424 g/mol. The van der Waals surface area contributed by atoms with Crippen molar-refractivity contribution in [1.82, 2.24) is 4.90 Å². The molecule has 0 bridgehead atoms. The predicted molar refractivity (Wildman–Crippen MR) is 115 cm³/mol. The van der Waals surface area contributed by atoms with E-state index in [-0.39, 0.29) is 23.9 Å². The summed E-state index contributed by atoms with van der Waals surface area (Å²) in [6, 6.07) is 13.0. The number of anilines is 2. The maximum Gasteiger partial charge on any atom is 0.269 e. The van der Waals surface area contributed by atoms with Gasteiger partial charge >= 0.3 is 0 Å². The molecule has 2 aromatic carbocycles. The summed E-state index contributed by atoms with van der Waals surface area (Å²) in [6.45, 7) is 5.00. The van der Waals surface area contributed by atoms with Gasteiger partial charge in [0, 0.05) is 50.1 Å². The number of carbonyl (C=O) groups is 2. The van der Waals surface area contributed by atoms with Crippen LogP contribution in [0.4, 0.5) is 17.1 Å². The Bertz CT molecular complexity index is 986. The zero-order chi connectivity index (χ0) is 22.0. The number of ether oxygens (including phenoxy) is 1. The quantitative estimate of drug-likeness (QED) is 0.399. The molecule has 2 aliphatic rings. The van der Waals surface area contributed by atoms with Crippen molar-refractivity contribution in [3.8, 4) is 5.75 Å². The third-order valence-electron chi connectivity index (χ3n) is 5.69. The number of nitrogens with zero attached hydrogens (tertiary/aromatic N) is 4. The van der Waals surface area contributed by atoms with Crippen molar-refractivity contribution in [2.45, 2.75) is 19.4 Å². The Morgan fingerprint density at radius 3 is 2.39 bits per heavy atom. The normalized spacial score (nSPS) is 19.7. The van der Waals surface area contributed by atoms with Crippen LogP contribution in [0.3, 0.4) is 0 Å². The molecule has 2 amide bonds. The van der Waals surface area contributed by atoms with Gasteiger partial charge in [-0.25, -0.2) is 4.90 Å². The molecule has 0 spiro atoms. The molecule has 0 aliphatic carbocycles. The molecule has 2 saturated heterocycles. The molecular weight excluding hydrogens is 400 g/mol. The summed E-state index contributed by atoms with van der Waals surface area (Å²) in [6.07, 6.45) is 0.162. The van der Waals surface area contributed by atoms with E-state index < -0.39 is 11.0 Å². The van der Waals surface area contributed by atoms with Crippen LogP contribution in [-0.4, -0.2) is 60.5 Å². The van der Waals surface area contributed by atoms with Gasteiger partial charge in [0.15, 0.2) is 0 Å². The van der Waals surface area contributed by atoms with E-state index in [1.165, 1.54) is 17.0 Å². The molecule has 1 atom stereocenters. The molecule has 0 aromatic heterocycles. The van der Waals surface area contributed by atoms with Crippen LogP contribution in [0.5, 0.6) is 5.75 Å². The fraction of sp³-hybridized carbons (Fsp3) is 0.364. The predicted octanol–water partition coefficient (Wildman–Crippen LogP) is 2.45. The fourth-order valence-electron chi connectivity index (χ4n) is 4.13. The summed E-state index contributed by atoms with van der Waals surface area (Å²) in [5.74, 6) is 0.213. The van der Waals surface area contributed by atoms with Gasteiger partial charge in [-0.3, -0.25) is 24.6 Å². The molecule has 2 heterocycles. The second-order valence-electron chi connectivity index (χ2n) is 7.51. The molecule has 2 aliphatic heterocycles. The largest absolute Gasteiger partial charge is 0.494 e. The Labute approximate surface area is 179 Å². The summed E-state index contributed by atoms with van der Waals surface area (Å²) >= 11 is 0. The van der Waals surface area contributed by atoms with Crippen LogP contribution in [0.2, 0.25) is 0 Å². The molecule has 2 fully saturated rings. The van der Waals surface area contributed by atoms with Gasteiger partial charge in [-0.2, -0.15) is 0 Å². The maximum atomic E-state index is 13.1. The number of nitro groups is 1. The number of benzene rings is 2. The van der Waals surface area contributed by atoms with Crippen molar-refractivity contribution in [1.29, 1.82) is 0 Å². The highest BCUT2D eigenvalue weighted by molar-refractivity contribution is 6.22. The van der Waals surface area contributed by atoms with E-state index in [4.69, 9.17) is 4.74 Å². The lowest BCUT2D eigenvalue weighted by atomic mass is 10.1. The lowest BCUT2D eigenvalue weighted by Gasteiger charge is -2.38. The number of hydrogen-bond donors (Lipinski definition) is 0. The van der Waals surface area contributed by atoms with E-state index in [1.54, 1.807) is 36.4 Å². The molecule has 162 valence electrons. The first-order chi connectivity index (χ1) is 15.0. The highest BCUT2D eigenvalue weighted by Crippen LogP contribution is 2.29. The highest BCUT2D eigenvalue weighted by Gasteiger charge is 2.43. The number of amides is 2. The van der Waals surface area contributed by atoms with Gasteiger partial charge in [0.2, 0.25) is 5.91 Å². The molecule has 9 heteroatoms. The van der Waals surface area contributed by atoms with E-state index >= 15 is 0 Å². The molecular formula is C22H24N4O5. The number of imide groups is 1. The Hall–Kier alpha value is -3.46. The molecule has 31 heavy (non-hydrogen) atoms. The lowest BCUT2D eigenvalue weighted by molar-refractivity contribution is -0.384. The van der Waals surface area contributed by atoms with Gasteiger partial charge < -0.3 is 9.64 Å². The molecule has 0 saturated carbocycles. The summed E-state index contributed by atoms with van der Waals surface area (Å²) in [5, 5.41) is 10.8. The lowest BCUT2D eigenvalue weighted by Crippen LogP contribution is -2.52. The van der Waals surface area contributed by atoms with E-state index in [0.29, 0.717) is 44.2 Å². The third kappa shape index (κ3) is 4.22. The summed E-state index contributed by atoms with van der Waals surface area (Å²) in [5.41, 5.74) is 1.51. The van der Waals surface area contributed by atoms with Crippen LogP contribution >= 0.6 is 0 Å². The Kier molecular flexibility index (Phi) is 5.85. The average Bonchev–Trinajstić information content (AvgIpc) is 3.08. The smallest absolute Gasteiger partial charge is 0.269 e. The number of rotatable bonds is 6. The zero-order valence-electron chi connectivity index (χ0n) is 17.3. The van der Waals surface area contributed by atoms with Crippen molar-refractivity contribution in [2.24, 2.45) is 0 Å². The minimum Gasteiger partial charge on any atom is -0.494 e. The summed E-state index contributed by atoms with van der Waals surface area (Å²) < 4.78 is 5.49. The SMILES string of the molecule is CCOc1cccc(N2C(=O)C[C@H](N3CCN(c4ccc([N+](=O)[O-])cc4)CC3)C2=O)c1. The first-order valence-electron chi connectivity index (χ1n) is 10.3. The second kappa shape index (κ2) is 8.73. The number of piperazine rings is 1. The standard InChI is InChI=1S/C22H24N4O5/c1-2-31-19-5-3-4-18(14-19)25-21(27)15-20(22(25)28)24-12-10-23(11-13-24)16-6-8-17(9-7-16)26(29)30/h3-9,14,20H,2,10-13,15H2,1H3/t20-/m0/s1. The van der Waals surface area contributed by atoms with Crippen LogP contribution in [0, 0.1) is 10.1 Å².